The second-order valence-electron chi connectivity index (χ2n) is 3.22. The Bertz CT molecular complexity index is 274. The van der Waals surface area contributed by atoms with Gasteiger partial charge in [0.2, 0.25) is 0 Å². The van der Waals surface area contributed by atoms with Crippen LogP contribution in [0.1, 0.15) is 25.0 Å². The van der Waals surface area contributed by atoms with Gasteiger partial charge in [0.25, 0.3) is 5.92 Å². The molecule has 1 nitrogen and oxygen atoms in total. The maximum Gasteiger partial charge on any atom is 0.270 e. The fourth-order valence-corrected chi connectivity index (χ4v) is 1.11. The fourth-order valence-electron chi connectivity index (χ4n) is 1.11. The third-order valence-electron chi connectivity index (χ3n) is 1.93. The first kappa shape index (κ1) is 11.1. The third-order valence-corrected chi connectivity index (χ3v) is 1.93. The van der Waals surface area contributed by atoms with Crippen molar-refractivity contribution in [3.8, 4) is 0 Å². The summed E-state index contributed by atoms with van der Waals surface area (Å²) in [6, 6.07) is 6.22. The number of halogens is 2. The molecule has 0 amide bonds. The predicted octanol–water partition coefficient (Wildman–Crippen LogP) is 3.33. The van der Waals surface area contributed by atoms with E-state index in [0.29, 0.717) is 13.2 Å². The van der Waals surface area contributed by atoms with E-state index in [2.05, 4.69) is 0 Å². The highest BCUT2D eigenvalue weighted by molar-refractivity contribution is 5.24. The van der Waals surface area contributed by atoms with Gasteiger partial charge < -0.3 is 4.74 Å². The summed E-state index contributed by atoms with van der Waals surface area (Å²) in [6.07, 6.45) is 0. The largest absolute Gasteiger partial charge is 0.377 e. The lowest BCUT2D eigenvalue weighted by molar-refractivity contribution is 0.0174. The molecule has 0 aliphatic heterocycles. The Labute approximate surface area is 82.7 Å². The zero-order valence-electron chi connectivity index (χ0n) is 8.39. The maximum atomic E-state index is 12.8. The molecule has 0 saturated carbocycles. The van der Waals surface area contributed by atoms with Crippen LogP contribution in [-0.4, -0.2) is 6.61 Å². The molecular formula is C11H14F2O. The van der Waals surface area contributed by atoms with Crippen molar-refractivity contribution in [3.63, 3.8) is 0 Å². The van der Waals surface area contributed by atoms with Crippen LogP contribution in [0.15, 0.2) is 24.3 Å². The molecule has 0 heterocycles. The van der Waals surface area contributed by atoms with E-state index in [1.807, 2.05) is 6.92 Å². The molecule has 0 saturated heterocycles. The summed E-state index contributed by atoms with van der Waals surface area (Å²) < 4.78 is 30.8. The molecule has 1 aromatic carbocycles. The summed E-state index contributed by atoms with van der Waals surface area (Å²) in [5.74, 6) is -2.76. The summed E-state index contributed by atoms with van der Waals surface area (Å²) in [4.78, 5) is 0. The minimum atomic E-state index is -2.76. The van der Waals surface area contributed by atoms with Crippen LogP contribution >= 0.6 is 0 Å². The zero-order chi connectivity index (χ0) is 10.6. The van der Waals surface area contributed by atoms with Gasteiger partial charge in [-0.3, -0.25) is 0 Å². The Morgan fingerprint density at radius 1 is 1.21 bits per heavy atom. The Morgan fingerprint density at radius 3 is 2.21 bits per heavy atom. The molecule has 0 radical (unpaired) electrons. The lowest BCUT2D eigenvalue weighted by Crippen LogP contribution is -2.06. The molecule has 1 aromatic rings. The van der Waals surface area contributed by atoms with Gasteiger partial charge in [-0.05, 0) is 12.5 Å². The zero-order valence-corrected chi connectivity index (χ0v) is 8.39. The van der Waals surface area contributed by atoms with Crippen molar-refractivity contribution in [2.75, 3.05) is 6.61 Å². The monoisotopic (exact) mass is 200 g/mol. The van der Waals surface area contributed by atoms with E-state index in [1.165, 1.54) is 12.1 Å². The third kappa shape index (κ3) is 3.07. The van der Waals surface area contributed by atoms with Crippen molar-refractivity contribution in [2.45, 2.75) is 26.4 Å². The van der Waals surface area contributed by atoms with Crippen LogP contribution in [0.4, 0.5) is 8.78 Å². The van der Waals surface area contributed by atoms with Crippen LogP contribution in [0.2, 0.25) is 0 Å². The van der Waals surface area contributed by atoms with Gasteiger partial charge in [-0.2, -0.15) is 0 Å². The minimum absolute atomic E-state index is 0.0396. The Morgan fingerprint density at radius 2 is 1.79 bits per heavy atom. The number of benzene rings is 1. The van der Waals surface area contributed by atoms with Crippen LogP contribution in [0.5, 0.6) is 0 Å². The summed E-state index contributed by atoms with van der Waals surface area (Å²) in [7, 11) is 0. The van der Waals surface area contributed by atoms with Gasteiger partial charge in [0.15, 0.2) is 0 Å². The molecule has 0 atom stereocenters. The average Bonchev–Trinajstić information content (AvgIpc) is 2.14. The first-order valence-electron chi connectivity index (χ1n) is 4.59. The van der Waals surface area contributed by atoms with Crippen molar-refractivity contribution in [2.24, 2.45) is 0 Å². The number of hydrogen-bond acceptors (Lipinski definition) is 1. The second kappa shape index (κ2) is 4.51. The van der Waals surface area contributed by atoms with Crippen LogP contribution in [0, 0.1) is 0 Å². The number of alkyl halides is 2. The van der Waals surface area contributed by atoms with E-state index in [9.17, 15) is 8.78 Å². The summed E-state index contributed by atoms with van der Waals surface area (Å²) >= 11 is 0. The quantitative estimate of drug-likeness (QED) is 0.724. The number of rotatable bonds is 4. The Balaban J connectivity index is 2.69. The van der Waals surface area contributed by atoms with Crippen LogP contribution < -0.4 is 0 Å². The van der Waals surface area contributed by atoms with Crippen molar-refractivity contribution < 1.29 is 13.5 Å². The molecule has 0 unspecified atom stereocenters. The minimum Gasteiger partial charge on any atom is -0.377 e. The van der Waals surface area contributed by atoms with Crippen molar-refractivity contribution in [1.82, 2.24) is 0 Å². The van der Waals surface area contributed by atoms with Crippen LogP contribution in [0.25, 0.3) is 0 Å². The highest BCUT2D eigenvalue weighted by Gasteiger charge is 2.23. The standard InChI is InChI=1S/C11H14F2O/c1-3-14-8-9-4-6-10(7-5-9)11(2,12)13/h4-7H,3,8H2,1-2H3. The van der Waals surface area contributed by atoms with Crippen molar-refractivity contribution in [3.05, 3.63) is 35.4 Å². The van der Waals surface area contributed by atoms with E-state index in [0.717, 1.165) is 12.5 Å². The van der Waals surface area contributed by atoms with Gasteiger partial charge >= 0.3 is 0 Å². The predicted molar refractivity (Wildman–Crippen MR) is 51.3 cm³/mol. The summed E-state index contributed by atoms with van der Waals surface area (Å²) in [6.45, 7) is 3.90. The van der Waals surface area contributed by atoms with Gasteiger partial charge in [0.1, 0.15) is 0 Å². The molecule has 0 N–H and O–H groups in total. The van der Waals surface area contributed by atoms with E-state index < -0.39 is 5.92 Å². The summed E-state index contributed by atoms with van der Waals surface area (Å²) in [5, 5.41) is 0. The highest BCUT2D eigenvalue weighted by Crippen LogP contribution is 2.26. The van der Waals surface area contributed by atoms with E-state index in [-0.39, 0.29) is 5.56 Å². The molecule has 0 aromatic heterocycles. The molecule has 0 bridgehead atoms. The molecule has 14 heavy (non-hydrogen) atoms. The first-order chi connectivity index (χ1) is 6.54. The van der Waals surface area contributed by atoms with Gasteiger partial charge in [-0.1, -0.05) is 24.3 Å². The Kier molecular flexibility index (Phi) is 3.58. The smallest absolute Gasteiger partial charge is 0.270 e. The molecule has 0 aliphatic carbocycles. The molecule has 0 fully saturated rings. The van der Waals surface area contributed by atoms with Crippen LogP contribution in [0.3, 0.4) is 0 Å². The normalized spacial score (nSPS) is 11.7. The molecular weight excluding hydrogens is 186 g/mol. The van der Waals surface area contributed by atoms with E-state index >= 15 is 0 Å². The molecule has 3 heteroatoms. The molecule has 0 spiro atoms. The second-order valence-corrected chi connectivity index (χ2v) is 3.22. The highest BCUT2D eigenvalue weighted by atomic mass is 19.3. The lowest BCUT2D eigenvalue weighted by atomic mass is 10.1. The number of ether oxygens (including phenoxy) is 1. The van der Waals surface area contributed by atoms with E-state index in [4.69, 9.17) is 4.74 Å². The van der Waals surface area contributed by atoms with Gasteiger partial charge in [-0.25, -0.2) is 8.78 Å². The maximum absolute atomic E-state index is 12.8. The SMILES string of the molecule is CCOCc1ccc(C(C)(F)F)cc1. The molecule has 1 rings (SSSR count). The summed E-state index contributed by atoms with van der Waals surface area (Å²) in [5.41, 5.74) is 0.956. The number of hydrogen-bond donors (Lipinski definition) is 0. The molecule has 0 aliphatic rings. The van der Waals surface area contributed by atoms with Crippen molar-refractivity contribution >= 4 is 0 Å². The lowest BCUT2D eigenvalue weighted by Gasteiger charge is -2.10. The Hall–Kier alpha value is -0.960. The topological polar surface area (TPSA) is 9.23 Å². The van der Waals surface area contributed by atoms with Crippen LogP contribution in [-0.2, 0) is 17.3 Å². The van der Waals surface area contributed by atoms with Gasteiger partial charge in [0, 0.05) is 19.1 Å². The van der Waals surface area contributed by atoms with Crippen molar-refractivity contribution in [1.29, 1.82) is 0 Å². The van der Waals surface area contributed by atoms with Gasteiger partial charge in [-0.15, -0.1) is 0 Å². The fraction of sp³-hybridized carbons (Fsp3) is 0.455. The van der Waals surface area contributed by atoms with Gasteiger partial charge in [0.05, 0.1) is 6.61 Å². The first-order valence-corrected chi connectivity index (χ1v) is 4.59. The van der Waals surface area contributed by atoms with E-state index in [1.54, 1.807) is 12.1 Å². The average molecular weight is 200 g/mol. The molecule has 78 valence electrons.